The summed E-state index contributed by atoms with van der Waals surface area (Å²) in [5.41, 5.74) is 7.45. The van der Waals surface area contributed by atoms with Crippen LogP contribution in [-0.4, -0.2) is 35.7 Å². The second-order valence-corrected chi connectivity index (χ2v) is 6.14. The molecule has 0 bridgehead atoms. The van der Waals surface area contributed by atoms with Crippen LogP contribution in [0.2, 0.25) is 0 Å². The lowest BCUT2D eigenvalue weighted by atomic mass is 10.00. The Bertz CT molecular complexity index is 399. The standard InChI is InChI=1S/C15H23BrN2O/c16-14-7-2-1-6-13(14)15(17)8-10-18-9-4-3-5-12(18)11-19/h1-2,6-7,12,15,19H,3-5,8-11,17H2. The van der Waals surface area contributed by atoms with E-state index < -0.39 is 0 Å². The van der Waals surface area contributed by atoms with Gasteiger partial charge in [-0.05, 0) is 37.4 Å². The number of likely N-dealkylation sites (tertiary alicyclic amines) is 1. The highest BCUT2D eigenvalue weighted by atomic mass is 79.9. The summed E-state index contributed by atoms with van der Waals surface area (Å²) in [5, 5.41) is 9.41. The number of nitrogens with zero attached hydrogens (tertiary/aromatic N) is 1. The zero-order valence-electron chi connectivity index (χ0n) is 11.3. The monoisotopic (exact) mass is 326 g/mol. The number of hydrogen-bond donors (Lipinski definition) is 2. The minimum atomic E-state index is 0.0526. The molecule has 3 N–H and O–H groups in total. The quantitative estimate of drug-likeness (QED) is 0.874. The molecule has 1 fully saturated rings. The van der Waals surface area contributed by atoms with Crippen LogP contribution in [0.15, 0.2) is 28.7 Å². The first-order valence-electron chi connectivity index (χ1n) is 7.07. The lowest BCUT2D eigenvalue weighted by molar-refractivity contribution is 0.0875. The summed E-state index contributed by atoms with van der Waals surface area (Å²) in [6.07, 6.45) is 4.51. The van der Waals surface area contributed by atoms with Gasteiger partial charge in [0.1, 0.15) is 0 Å². The number of piperidine rings is 1. The van der Waals surface area contributed by atoms with Gasteiger partial charge in [0.05, 0.1) is 6.61 Å². The lowest BCUT2D eigenvalue weighted by Crippen LogP contribution is -2.42. The Morgan fingerprint density at radius 2 is 2.16 bits per heavy atom. The highest BCUT2D eigenvalue weighted by Gasteiger charge is 2.22. The smallest absolute Gasteiger partial charge is 0.0586 e. The molecule has 2 rings (SSSR count). The van der Waals surface area contributed by atoms with Crippen molar-refractivity contribution in [3.63, 3.8) is 0 Å². The first-order chi connectivity index (χ1) is 9.22. The predicted molar refractivity (Wildman–Crippen MR) is 82.0 cm³/mol. The van der Waals surface area contributed by atoms with E-state index in [-0.39, 0.29) is 12.6 Å². The third-order valence-electron chi connectivity index (χ3n) is 3.99. The Kier molecular flexibility index (Phi) is 5.82. The maximum Gasteiger partial charge on any atom is 0.0586 e. The third-order valence-corrected chi connectivity index (χ3v) is 4.71. The van der Waals surface area contributed by atoms with Crippen molar-refractivity contribution in [1.82, 2.24) is 4.90 Å². The fourth-order valence-corrected chi connectivity index (χ4v) is 3.38. The van der Waals surface area contributed by atoms with E-state index >= 15 is 0 Å². The summed E-state index contributed by atoms with van der Waals surface area (Å²) in [6, 6.07) is 8.53. The molecule has 0 aromatic heterocycles. The number of halogens is 1. The largest absolute Gasteiger partial charge is 0.395 e. The van der Waals surface area contributed by atoms with Crippen molar-refractivity contribution in [3.8, 4) is 0 Å². The van der Waals surface area contributed by atoms with E-state index in [9.17, 15) is 5.11 Å². The van der Waals surface area contributed by atoms with Crippen LogP contribution in [0.3, 0.4) is 0 Å². The first-order valence-corrected chi connectivity index (χ1v) is 7.86. The molecule has 0 radical (unpaired) electrons. The topological polar surface area (TPSA) is 49.5 Å². The molecule has 1 aliphatic rings. The van der Waals surface area contributed by atoms with Crippen LogP contribution in [-0.2, 0) is 0 Å². The van der Waals surface area contributed by atoms with Crippen LogP contribution in [0.1, 0.15) is 37.3 Å². The minimum Gasteiger partial charge on any atom is -0.395 e. The average molecular weight is 327 g/mol. The van der Waals surface area contributed by atoms with Crippen molar-refractivity contribution < 1.29 is 5.11 Å². The van der Waals surface area contributed by atoms with Gasteiger partial charge in [-0.1, -0.05) is 40.5 Å². The van der Waals surface area contributed by atoms with E-state index in [4.69, 9.17) is 5.73 Å². The lowest BCUT2D eigenvalue weighted by Gasteiger charge is -2.35. The molecule has 0 saturated carbocycles. The van der Waals surface area contributed by atoms with Crippen LogP contribution < -0.4 is 5.73 Å². The second kappa shape index (κ2) is 7.39. The van der Waals surface area contributed by atoms with Gasteiger partial charge in [0.25, 0.3) is 0 Å². The molecule has 0 aliphatic carbocycles. The molecule has 2 unspecified atom stereocenters. The van der Waals surface area contributed by atoms with Gasteiger partial charge in [-0.25, -0.2) is 0 Å². The summed E-state index contributed by atoms with van der Waals surface area (Å²) in [4.78, 5) is 2.39. The number of rotatable bonds is 5. The van der Waals surface area contributed by atoms with E-state index in [0.29, 0.717) is 6.04 Å². The number of aliphatic hydroxyl groups excluding tert-OH is 1. The summed E-state index contributed by atoms with van der Waals surface area (Å²) < 4.78 is 1.08. The Balaban J connectivity index is 1.89. The Morgan fingerprint density at radius 1 is 1.37 bits per heavy atom. The molecular formula is C15H23BrN2O. The van der Waals surface area contributed by atoms with Crippen molar-refractivity contribution in [1.29, 1.82) is 0 Å². The fourth-order valence-electron chi connectivity index (χ4n) is 2.80. The van der Waals surface area contributed by atoms with E-state index in [1.807, 2.05) is 18.2 Å². The molecule has 2 atom stereocenters. The Hall–Kier alpha value is -0.420. The van der Waals surface area contributed by atoms with Gasteiger partial charge in [-0.3, -0.25) is 4.90 Å². The predicted octanol–water partition coefficient (Wildman–Crippen LogP) is 2.69. The molecule has 1 aromatic carbocycles. The maximum atomic E-state index is 9.41. The molecule has 1 heterocycles. The Morgan fingerprint density at radius 3 is 2.89 bits per heavy atom. The van der Waals surface area contributed by atoms with Crippen LogP contribution in [0.4, 0.5) is 0 Å². The minimum absolute atomic E-state index is 0.0526. The molecule has 4 heteroatoms. The van der Waals surface area contributed by atoms with Crippen LogP contribution in [0.5, 0.6) is 0 Å². The molecule has 19 heavy (non-hydrogen) atoms. The number of benzene rings is 1. The van der Waals surface area contributed by atoms with Gasteiger partial charge in [-0.15, -0.1) is 0 Å². The normalized spacial score (nSPS) is 22.4. The molecule has 1 aromatic rings. The van der Waals surface area contributed by atoms with E-state index in [0.717, 1.165) is 30.4 Å². The van der Waals surface area contributed by atoms with Gasteiger partial charge in [0.2, 0.25) is 0 Å². The van der Waals surface area contributed by atoms with Crippen molar-refractivity contribution in [2.45, 2.75) is 37.8 Å². The van der Waals surface area contributed by atoms with Crippen molar-refractivity contribution in [3.05, 3.63) is 34.3 Å². The molecule has 1 aliphatic heterocycles. The number of nitrogens with two attached hydrogens (primary N) is 1. The third kappa shape index (κ3) is 4.02. The van der Waals surface area contributed by atoms with Crippen LogP contribution in [0, 0.1) is 0 Å². The molecule has 0 spiro atoms. The van der Waals surface area contributed by atoms with Crippen molar-refractivity contribution >= 4 is 15.9 Å². The first kappa shape index (κ1) is 15.0. The molecule has 3 nitrogen and oxygen atoms in total. The molecule has 106 valence electrons. The van der Waals surface area contributed by atoms with Gasteiger partial charge < -0.3 is 10.8 Å². The summed E-state index contributed by atoms with van der Waals surface area (Å²) in [5.74, 6) is 0. The summed E-state index contributed by atoms with van der Waals surface area (Å²) >= 11 is 3.55. The SMILES string of the molecule is NC(CCN1CCCCC1CO)c1ccccc1Br. The molecular weight excluding hydrogens is 304 g/mol. The average Bonchev–Trinajstić information content (AvgIpc) is 2.45. The number of aliphatic hydroxyl groups is 1. The van der Waals surface area contributed by atoms with Crippen LogP contribution in [0.25, 0.3) is 0 Å². The fraction of sp³-hybridized carbons (Fsp3) is 0.600. The van der Waals surface area contributed by atoms with Gasteiger partial charge in [0, 0.05) is 23.1 Å². The van der Waals surface area contributed by atoms with Crippen molar-refractivity contribution in [2.24, 2.45) is 5.73 Å². The second-order valence-electron chi connectivity index (χ2n) is 5.28. The van der Waals surface area contributed by atoms with Crippen molar-refractivity contribution in [2.75, 3.05) is 19.7 Å². The van der Waals surface area contributed by atoms with Gasteiger partial charge in [-0.2, -0.15) is 0 Å². The summed E-state index contributed by atoms with van der Waals surface area (Å²) in [6.45, 7) is 2.33. The maximum absolute atomic E-state index is 9.41. The zero-order valence-corrected chi connectivity index (χ0v) is 12.8. The van der Waals surface area contributed by atoms with E-state index in [2.05, 4.69) is 26.9 Å². The van der Waals surface area contributed by atoms with E-state index in [1.54, 1.807) is 0 Å². The van der Waals surface area contributed by atoms with Gasteiger partial charge >= 0.3 is 0 Å². The highest BCUT2D eigenvalue weighted by Crippen LogP contribution is 2.25. The molecule has 1 saturated heterocycles. The number of hydrogen-bond acceptors (Lipinski definition) is 3. The van der Waals surface area contributed by atoms with E-state index in [1.165, 1.54) is 18.4 Å². The highest BCUT2D eigenvalue weighted by molar-refractivity contribution is 9.10. The zero-order chi connectivity index (χ0) is 13.7. The Labute approximate surface area is 123 Å². The van der Waals surface area contributed by atoms with Gasteiger partial charge in [0.15, 0.2) is 0 Å². The van der Waals surface area contributed by atoms with Crippen LogP contribution >= 0.6 is 15.9 Å². The summed E-state index contributed by atoms with van der Waals surface area (Å²) in [7, 11) is 0. The molecule has 0 amide bonds.